The number of carbonyl (C=O) groups is 1. The van der Waals surface area contributed by atoms with Crippen LogP contribution in [-0.2, 0) is 6.42 Å². The third-order valence-electron chi connectivity index (χ3n) is 4.49. The number of aromatic nitrogens is 2. The average molecular weight is 375 g/mol. The Hall–Kier alpha value is -3.41. The maximum absolute atomic E-state index is 12.6. The molecule has 0 bridgehead atoms. The van der Waals surface area contributed by atoms with E-state index in [2.05, 4.69) is 20.2 Å². The molecule has 1 N–H and O–H groups in total. The predicted molar refractivity (Wildman–Crippen MR) is 113 cm³/mol. The summed E-state index contributed by atoms with van der Waals surface area (Å²) in [5.74, 6) is -0.0871. The van der Waals surface area contributed by atoms with Gasteiger partial charge in [0, 0.05) is 51.5 Å². The molecule has 0 saturated carbocycles. The second kappa shape index (κ2) is 8.99. The molecule has 0 aliphatic rings. The van der Waals surface area contributed by atoms with Crippen LogP contribution in [0.4, 0.5) is 17.1 Å². The summed E-state index contributed by atoms with van der Waals surface area (Å²) in [5, 5.41) is 3.30. The number of pyridine rings is 2. The third kappa shape index (κ3) is 5.07. The zero-order valence-electron chi connectivity index (χ0n) is 16.5. The Bertz CT molecular complexity index is 892. The van der Waals surface area contributed by atoms with Crippen LogP contribution in [0.15, 0.2) is 67.1 Å². The van der Waals surface area contributed by atoms with Crippen LogP contribution in [0.5, 0.6) is 0 Å². The van der Waals surface area contributed by atoms with E-state index >= 15 is 0 Å². The molecule has 2 aromatic heterocycles. The number of hydrogen-bond acceptors (Lipinski definition) is 5. The van der Waals surface area contributed by atoms with Crippen molar-refractivity contribution >= 4 is 23.0 Å². The summed E-state index contributed by atoms with van der Waals surface area (Å²) in [6, 6.07) is 15.7. The van der Waals surface area contributed by atoms with Crippen molar-refractivity contribution in [2.75, 3.05) is 37.9 Å². The highest BCUT2D eigenvalue weighted by molar-refractivity contribution is 5.92. The molecule has 144 valence electrons. The number of hydrogen-bond donors (Lipinski definition) is 1. The summed E-state index contributed by atoms with van der Waals surface area (Å²) in [6.07, 6.45) is 5.99. The molecule has 1 amide bonds. The van der Waals surface area contributed by atoms with Gasteiger partial charge < -0.3 is 15.1 Å². The first-order valence-electron chi connectivity index (χ1n) is 9.18. The lowest BCUT2D eigenvalue weighted by molar-refractivity contribution is 0.0791. The highest BCUT2D eigenvalue weighted by atomic mass is 16.2. The van der Waals surface area contributed by atoms with Crippen LogP contribution in [0.25, 0.3) is 0 Å². The van der Waals surface area contributed by atoms with Gasteiger partial charge in [-0.1, -0.05) is 0 Å². The minimum absolute atomic E-state index is 0.0871. The number of anilines is 3. The fourth-order valence-electron chi connectivity index (χ4n) is 2.75. The van der Waals surface area contributed by atoms with E-state index in [1.807, 2.05) is 56.6 Å². The molecule has 1 aromatic carbocycles. The number of amides is 1. The summed E-state index contributed by atoms with van der Waals surface area (Å²) < 4.78 is 0. The minimum Gasteiger partial charge on any atom is -0.378 e. The van der Waals surface area contributed by atoms with Gasteiger partial charge in [-0.15, -0.1) is 0 Å². The van der Waals surface area contributed by atoms with Crippen LogP contribution in [0, 0.1) is 0 Å². The first-order valence-corrected chi connectivity index (χ1v) is 9.18. The van der Waals surface area contributed by atoms with Gasteiger partial charge in [-0.2, -0.15) is 0 Å². The predicted octanol–water partition coefficient (Wildman–Crippen LogP) is 3.60. The quantitative estimate of drug-likeness (QED) is 0.684. The molecule has 0 unspecified atom stereocenters. The lowest BCUT2D eigenvalue weighted by Crippen LogP contribution is -2.29. The summed E-state index contributed by atoms with van der Waals surface area (Å²) >= 11 is 0. The molecule has 0 aliphatic carbocycles. The van der Waals surface area contributed by atoms with Crippen molar-refractivity contribution in [3.8, 4) is 0 Å². The van der Waals surface area contributed by atoms with Gasteiger partial charge >= 0.3 is 0 Å². The number of nitrogens with one attached hydrogen (secondary N) is 1. The molecule has 0 spiro atoms. The summed E-state index contributed by atoms with van der Waals surface area (Å²) in [5.41, 5.74) is 4.54. The SMILES string of the molecule is CN(CCc1ccncc1)C(=O)c1ccc(Nc2ccc(N(C)C)cc2)cn1. The molecule has 2 heterocycles. The minimum atomic E-state index is -0.0871. The Morgan fingerprint density at radius 2 is 1.61 bits per heavy atom. The second-order valence-corrected chi connectivity index (χ2v) is 6.83. The largest absolute Gasteiger partial charge is 0.378 e. The molecule has 0 atom stereocenters. The second-order valence-electron chi connectivity index (χ2n) is 6.83. The van der Waals surface area contributed by atoms with Crippen molar-refractivity contribution in [3.05, 3.63) is 78.4 Å². The van der Waals surface area contributed by atoms with Crippen molar-refractivity contribution in [3.63, 3.8) is 0 Å². The van der Waals surface area contributed by atoms with E-state index in [0.717, 1.165) is 29.0 Å². The van der Waals surface area contributed by atoms with Crippen LogP contribution in [-0.4, -0.2) is 48.5 Å². The molecule has 0 saturated heterocycles. The average Bonchev–Trinajstić information content (AvgIpc) is 2.73. The zero-order chi connectivity index (χ0) is 19.9. The summed E-state index contributed by atoms with van der Waals surface area (Å²) in [6.45, 7) is 0.628. The van der Waals surface area contributed by atoms with Crippen molar-refractivity contribution in [1.29, 1.82) is 0 Å². The van der Waals surface area contributed by atoms with Gasteiger partial charge in [-0.3, -0.25) is 9.78 Å². The molecule has 28 heavy (non-hydrogen) atoms. The van der Waals surface area contributed by atoms with Gasteiger partial charge in [0.2, 0.25) is 0 Å². The maximum Gasteiger partial charge on any atom is 0.272 e. The van der Waals surface area contributed by atoms with Gasteiger partial charge in [0.25, 0.3) is 5.91 Å². The summed E-state index contributed by atoms with van der Waals surface area (Å²) in [7, 11) is 5.82. The molecular formula is C22H25N5O. The summed E-state index contributed by atoms with van der Waals surface area (Å²) in [4.78, 5) is 24.6. The van der Waals surface area contributed by atoms with E-state index in [-0.39, 0.29) is 5.91 Å². The number of likely N-dealkylation sites (N-methyl/N-ethyl adjacent to an activating group) is 1. The highest BCUT2D eigenvalue weighted by Gasteiger charge is 2.13. The fraction of sp³-hybridized carbons (Fsp3) is 0.227. The van der Waals surface area contributed by atoms with Crippen molar-refractivity contribution in [2.45, 2.75) is 6.42 Å². The molecular weight excluding hydrogens is 350 g/mol. The van der Waals surface area contributed by atoms with Gasteiger partial charge in [0.15, 0.2) is 0 Å². The molecule has 3 rings (SSSR count). The first-order chi connectivity index (χ1) is 13.5. The fourth-order valence-corrected chi connectivity index (χ4v) is 2.75. The standard InChI is InChI=1S/C22H25N5O/c1-26(2)20-7-4-18(5-8-20)25-19-6-9-21(24-16-19)22(28)27(3)15-12-17-10-13-23-14-11-17/h4-11,13-14,16,25H,12,15H2,1-3H3. The van der Waals surface area contributed by atoms with Crippen molar-refractivity contribution in [2.24, 2.45) is 0 Å². The number of carbonyl (C=O) groups excluding carboxylic acids is 1. The Balaban J connectivity index is 1.57. The zero-order valence-corrected chi connectivity index (χ0v) is 16.5. The third-order valence-corrected chi connectivity index (χ3v) is 4.49. The van der Waals surface area contributed by atoms with Gasteiger partial charge in [0.05, 0.1) is 11.9 Å². The number of rotatable bonds is 7. The van der Waals surface area contributed by atoms with Gasteiger partial charge in [-0.05, 0) is 60.5 Å². The van der Waals surface area contributed by atoms with E-state index in [1.165, 1.54) is 0 Å². The Morgan fingerprint density at radius 3 is 2.21 bits per heavy atom. The van der Waals surface area contributed by atoms with Crippen LogP contribution >= 0.6 is 0 Å². The highest BCUT2D eigenvalue weighted by Crippen LogP contribution is 2.20. The topological polar surface area (TPSA) is 61.4 Å². The Labute approximate surface area is 165 Å². The van der Waals surface area contributed by atoms with Crippen molar-refractivity contribution < 1.29 is 4.79 Å². The first kappa shape index (κ1) is 19.4. The van der Waals surface area contributed by atoms with Crippen LogP contribution in [0.2, 0.25) is 0 Å². The van der Waals surface area contributed by atoms with Gasteiger partial charge in [0.1, 0.15) is 5.69 Å². The molecule has 6 heteroatoms. The molecule has 6 nitrogen and oxygen atoms in total. The Kier molecular flexibility index (Phi) is 6.22. The van der Waals surface area contributed by atoms with Gasteiger partial charge in [-0.25, -0.2) is 4.98 Å². The lowest BCUT2D eigenvalue weighted by atomic mass is 10.2. The molecule has 3 aromatic rings. The van der Waals surface area contributed by atoms with E-state index in [9.17, 15) is 4.79 Å². The van der Waals surface area contributed by atoms with Crippen molar-refractivity contribution in [1.82, 2.24) is 14.9 Å². The molecule has 0 fully saturated rings. The van der Waals surface area contributed by atoms with Crippen LogP contribution in [0.3, 0.4) is 0 Å². The van der Waals surface area contributed by atoms with E-state index in [4.69, 9.17) is 0 Å². The van der Waals surface area contributed by atoms with E-state index in [1.54, 1.807) is 36.6 Å². The normalized spacial score (nSPS) is 10.4. The monoisotopic (exact) mass is 375 g/mol. The Morgan fingerprint density at radius 1 is 0.929 bits per heavy atom. The van der Waals surface area contributed by atoms with E-state index in [0.29, 0.717) is 12.2 Å². The number of benzene rings is 1. The molecule has 0 radical (unpaired) electrons. The molecule has 0 aliphatic heterocycles. The van der Waals surface area contributed by atoms with E-state index < -0.39 is 0 Å². The van der Waals surface area contributed by atoms with Crippen LogP contribution in [0.1, 0.15) is 16.1 Å². The lowest BCUT2D eigenvalue weighted by Gasteiger charge is -2.17. The van der Waals surface area contributed by atoms with Crippen LogP contribution < -0.4 is 10.2 Å². The number of nitrogens with zero attached hydrogens (tertiary/aromatic N) is 4. The maximum atomic E-state index is 12.6. The smallest absolute Gasteiger partial charge is 0.272 e.